The van der Waals surface area contributed by atoms with Crippen LogP contribution >= 0.6 is 0 Å². The number of rotatable bonds is 6. The molecule has 0 saturated carbocycles. The molecule has 20 heavy (non-hydrogen) atoms. The summed E-state index contributed by atoms with van der Waals surface area (Å²) in [5.74, 6) is 6.97. The molecule has 4 N–H and O–H groups in total. The Balaban J connectivity index is 2.10. The van der Waals surface area contributed by atoms with E-state index in [2.05, 4.69) is 30.6 Å². The zero-order valence-corrected chi connectivity index (χ0v) is 12.1. The van der Waals surface area contributed by atoms with Gasteiger partial charge in [-0.1, -0.05) is 0 Å². The molecule has 0 bridgehead atoms. The van der Waals surface area contributed by atoms with E-state index in [1.54, 1.807) is 7.11 Å². The van der Waals surface area contributed by atoms with Crippen LogP contribution in [0.25, 0.3) is 0 Å². The number of hydrazine groups is 1. The topological polar surface area (TPSA) is 101 Å². The fraction of sp³-hybridized carbons (Fsp3) is 0.750. The number of nitrogen functional groups attached to an aromatic ring is 1. The Morgan fingerprint density at radius 3 is 2.55 bits per heavy atom. The van der Waals surface area contributed by atoms with Gasteiger partial charge in [-0.3, -0.25) is 5.43 Å². The summed E-state index contributed by atoms with van der Waals surface area (Å²) in [6.45, 7) is 4.55. The Labute approximate surface area is 119 Å². The highest BCUT2D eigenvalue weighted by Crippen LogP contribution is 2.18. The first-order valence-electron chi connectivity index (χ1n) is 6.97. The molecule has 2 heterocycles. The second-order valence-corrected chi connectivity index (χ2v) is 4.90. The molecule has 8 heteroatoms. The zero-order chi connectivity index (χ0) is 14.4. The first-order chi connectivity index (χ1) is 9.72. The van der Waals surface area contributed by atoms with Crippen LogP contribution in [0.1, 0.15) is 26.2 Å². The van der Waals surface area contributed by atoms with E-state index in [1.165, 1.54) is 19.3 Å². The monoisotopic (exact) mass is 281 g/mol. The van der Waals surface area contributed by atoms with Crippen LogP contribution in [0.5, 0.6) is 0 Å². The lowest BCUT2D eigenvalue weighted by Crippen LogP contribution is -2.32. The van der Waals surface area contributed by atoms with Gasteiger partial charge in [-0.05, 0) is 26.2 Å². The number of aromatic nitrogens is 3. The molecule has 1 unspecified atom stereocenters. The number of hydrogen-bond donors (Lipinski definition) is 3. The molecule has 0 amide bonds. The average molecular weight is 281 g/mol. The van der Waals surface area contributed by atoms with Gasteiger partial charge < -0.3 is 15.0 Å². The molecule has 1 atom stereocenters. The lowest BCUT2D eigenvalue weighted by molar-refractivity contribution is 0.128. The summed E-state index contributed by atoms with van der Waals surface area (Å²) in [6.07, 6.45) is 3.68. The Morgan fingerprint density at radius 1 is 1.20 bits per heavy atom. The van der Waals surface area contributed by atoms with Crippen molar-refractivity contribution < 1.29 is 4.74 Å². The largest absolute Gasteiger partial charge is 0.380 e. The van der Waals surface area contributed by atoms with Crippen molar-refractivity contribution in [3.05, 3.63) is 0 Å². The lowest BCUT2D eigenvalue weighted by atomic mass is 10.1. The third kappa shape index (κ3) is 3.91. The van der Waals surface area contributed by atoms with Crippen molar-refractivity contribution in [2.45, 2.75) is 32.3 Å². The van der Waals surface area contributed by atoms with Crippen molar-refractivity contribution in [2.75, 3.05) is 42.4 Å². The van der Waals surface area contributed by atoms with Gasteiger partial charge in [0.05, 0.1) is 6.10 Å². The van der Waals surface area contributed by atoms with Crippen LogP contribution in [0, 0.1) is 0 Å². The summed E-state index contributed by atoms with van der Waals surface area (Å²) in [7, 11) is 1.67. The van der Waals surface area contributed by atoms with E-state index in [9.17, 15) is 0 Å². The molecule has 0 radical (unpaired) electrons. The molecular weight excluding hydrogens is 258 g/mol. The van der Waals surface area contributed by atoms with Gasteiger partial charge in [-0.15, -0.1) is 0 Å². The molecule has 0 aromatic carbocycles. The zero-order valence-electron chi connectivity index (χ0n) is 12.1. The van der Waals surface area contributed by atoms with E-state index in [0.717, 1.165) is 13.1 Å². The molecule has 1 aromatic heterocycles. The second kappa shape index (κ2) is 7.20. The van der Waals surface area contributed by atoms with Crippen molar-refractivity contribution in [2.24, 2.45) is 5.84 Å². The number of methoxy groups -OCH3 is 1. The maximum Gasteiger partial charge on any atom is 0.243 e. The molecule has 0 spiro atoms. The lowest BCUT2D eigenvalue weighted by Gasteiger charge is -2.27. The van der Waals surface area contributed by atoms with E-state index in [4.69, 9.17) is 10.6 Å². The Kier molecular flexibility index (Phi) is 5.31. The van der Waals surface area contributed by atoms with Crippen LogP contribution in [0.15, 0.2) is 0 Å². The van der Waals surface area contributed by atoms with Gasteiger partial charge in [0.1, 0.15) is 0 Å². The molecule has 1 fully saturated rings. The van der Waals surface area contributed by atoms with E-state index >= 15 is 0 Å². The van der Waals surface area contributed by atoms with Crippen molar-refractivity contribution in [3.63, 3.8) is 0 Å². The van der Waals surface area contributed by atoms with E-state index in [0.29, 0.717) is 24.4 Å². The summed E-state index contributed by atoms with van der Waals surface area (Å²) in [6, 6.07) is 0. The minimum Gasteiger partial charge on any atom is -0.380 e. The highest BCUT2D eigenvalue weighted by molar-refractivity contribution is 5.43. The number of ether oxygens (including phenoxy) is 1. The van der Waals surface area contributed by atoms with Crippen LogP contribution in [0.4, 0.5) is 17.8 Å². The number of nitrogens with two attached hydrogens (primary N) is 1. The molecule has 1 aromatic rings. The van der Waals surface area contributed by atoms with Crippen LogP contribution in [0.3, 0.4) is 0 Å². The molecule has 2 rings (SSSR count). The average Bonchev–Trinajstić information content (AvgIpc) is 2.53. The van der Waals surface area contributed by atoms with Crippen molar-refractivity contribution in [1.29, 1.82) is 0 Å². The highest BCUT2D eigenvalue weighted by atomic mass is 16.5. The van der Waals surface area contributed by atoms with E-state index in [-0.39, 0.29) is 6.10 Å². The third-order valence-corrected chi connectivity index (χ3v) is 3.34. The first kappa shape index (κ1) is 14.7. The Hall–Kier alpha value is -1.67. The fourth-order valence-corrected chi connectivity index (χ4v) is 2.06. The van der Waals surface area contributed by atoms with E-state index < -0.39 is 0 Å². The normalized spacial score (nSPS) is 16.9. The second-order valence-electron chi connectivity index (χ2n) is 4.90. The van der Waals surface area contributed by atoms with Gasteiger partial charge in [0.25, 0.3) is 0 Å². The summed E-state index contributed by atoms with van der Waals surface area (Å²) in [4.78, 5) is 15.1. The Bertz CT molecular complexity index is 422. The van der Waals surface area contributed by atoms with Gasteiger partial charge in [0.15, 0.2) is 0 Å². The van der Waals surface area contributed by atoms with Crippen LogP contribution in [0.2, 0.25) is 0 Å². The van der Waals surface area contributed by atoms with Gasteiger partial charge in [0.2, 0.25) is 17.8 Å². The van der Waals surface area contributed by atoms with Gasteiger partial charge in [-0.2, -0.15) is 15.0 Å². The fourth-order valence-electron chi connectivity index (χ4n) is 2.06. The molecular formula is C12H23N7O. The summed E-state index contributed by atoms with van der Waals surface area (Å²) in [5.41, 5.74) is 2.49. The summed E-state index contributed by atoms with van der Waals surface area (Å²) >= 11 is 0. The van der Waals surface area contributed by atoms with Crippen LogP contribution < -0.4 is 21.5 Å². The van der Waals surface area contributed by atoms with Gasteiger partial charge in [-0.25, -0.2) is 5.84 Å². The first-order valence-corrected chi connectivity index (χ1v) is 6.97. The standard InChI is InChI=1S/C12H23N7O/c1-9(20-2)8-14-10-15-11(18-13)17-12(16-10)19-6-4-3-5-7-19/h9H,3-8,13H2,1-2H3,(H2,14,15,16,17,18). The van der Waals surface area contributed by atoms with Crippen LogP contribution in [-0.4, -0.2) is 47.8 Å². The maximum atomic E-state index is 5.43. The number of nitrogens with one attached hydrogen (secondary N) is 2. The smallest absolute Gasteiger partial charge is 0.243 e. The molecule has 0 aliphatic carbocycles. The van der Waals surface area contributed by atoms with Crippen molar-refractivity contribution in [3.8, 4) is 0 Å². The van der Waals surface area contributed by atoms with E-state index in [1.807, 2.05) is 6.92 Å². The van der Waals surface area contributed by atoms with Crippen LogP contribution in [-0.2, 0) is 4.74 Å². The van der Waals surface area contributed by atoms with Gasteiger partial charge in [0, 0.05) is 26.7 Å². The minimum atomic E-state index is 0.0829. The van der Waals surface area contributed by atoms with Crippen molar-refractivity contribution >= 4 is 17.8 Å². The maximum absolute atomic E-state index is 5.43. The number of anilines is 3. The highest BCUT2D eigenvalue weighted by Gasteiger charge is 2.16. The summed E-state index contributed by atoms with van der Waals surface area (Å²) < 4.78 is 5.19. The molecule has 8 nitrogen and oxygen atoms in total. The molecule has 1 saturated heterocycles. The molecule has 112 valence electrons. The number of nitrogens with zero attached hydrogens (tertiary/aromatic N) is 4. The number of piperidine rings is 1. The van der Waals surface area contributed by atoms with Crippen molar-refractivity contribution in [1.82, 2.24) is 15.0 Å². The quantitative estimate of drug-likeness (QED) is 0.514. The van der Waals surface area contributed by atoms with Gasteiger partial charge >= 0.3 is 0 Å². The predicted octanol–water partition coefficient (Wildman–Crippen LogP) is 0.594. The SMILES string of the molecule is COC(C)CNc1nc(NN)nc(N2CCCCC2)n1. The predicted molar refractivity (Wildman–Crippen MR) is 78.7 cm³/mol. The molecule has 1 aliphatic heterocycles. The summed E-state index contributed by atoms with van der Waals surface area (Å²) in [5, 5.41) is 3.14. The third-order valence-electron chi connectivity index (χ3n) is 3.34. The number of hydrogen-bond acceptors (Lipinski definition) is 8. The minimum absolute atomic E-state index is 0.0829. The molecule has 1 aliphatic rings. The Morgan fingerprint density at radius 2 is 1.90 bits per heavy atom.